The smallest absolute Gasteiger partial charge is 0.258 e. The topological polar surface area (TPSA) is 124 Å². The third kappa shape index (κ3) is 6.08. The zero-order chi connectivity index (χ0) is 31.3. The summed E-state index contributed by atoms with van der Waals surface area (Å²) in [6, 6.07) is 13.8. The fourth-order valence-corrected chi connectivity index (χ4v) is 6.80. The molecular formula is C33H36N6O5S. The number of aromatic nitrogens is 4. The van der Waals surface area contributed by atoms with Crippen LogP contribution < -0.4 is 4.74 Å². The third-order valence-electron chi connectivity index (χ3n) is 8.82. The number of likely N-dealkylation sites (tertiary alicyclic amines) is 2. The first kappa shape index (κ1) is 29.5. The van der Waals surface area contributed by atoms with E-state index in [-0.39, 0.29) is 17.7 Å². The summed E-state index contributed by atoms with van der Waals surface area (Å²) in [4.78, 5) is 33.6. The molecule has 7 rings (SSSR count). The van der Waals surface area contributed by atoms with Crippen LogP contribution in [0, 0.1) is 5.92 Å². The van der Waals surface area contributed by atoms with Crippen molar-refractivity contribution in [3.63, 3.8) is 0 Å². The minimum atomic E-state index is -0.514. The summed E-state index contributed by atoms with van der Waals surface area (Å²) in [6.45, 7) is 7.80. The van der Waals surface area contributed by atoms with Crippen molar-refractivity contribution in [3.05, 3.63) is 58.9 Å². The van der Waals surface area contributed by atoms with Crippen molar-refractivity contribution in [2.75, 3.05) is 20.2 Å². The van der Waals surface area contributed by atoms with Gasteiger partial charge in [0.2, 0.25) is 11.8 Å². The summed E-state index contributed by atoms with van der Waals surface area (Å²) in [7, 11) is 1.66. The van der Waals surface area contributed by atoms with Crippen LogP contribution in [0.5, 0.6) is 11.5 Å². The number of ether oxygens (including phenoxy) is 2. The average Bonchev–Trinajstić information content (AvgIpc) is 3.37. The summed E-state index contributed by atoms with van der Waals surface area (Å²) < 4.78 is 17.7. The van der Waals surface area contributed by atoms with Crippen LogP contribution in [-0.2, 0) is 26.5 Å². The molecule has 2 aromatic carbocycles. The van der Waals surface area contributed by atoms with Gasteiger partial charge in [-0.15, -0.1) is 10.2 Å². The van der Waals surface area contributed by atoms with Crippen LogP contribution in [0.1, 0.15) is 68.8 Å². The van der Waals surface area contributed by atoms with Crippen LogP contribution in [0.4, 0.5) is 0 Å². The Morgan fingerprint density at radius 2 is 1.78 bits per heavy atom. The van der Waals surface area contributed by atoms with Gasteiger partial charge in [-0.25, -0.2) is 0 Å². The first-order chi connectivity index (χ1) is 21.7. The molecule has 2 atom stereocenters. The van der Waals surface area contributed by atoms with Crippen LogP contribution in [-0.4, -0.2) is 68.2 Å². The van der Waals surface area contributed by atoms with Crippen LogP contribution in [0.2, 0.25) is 0 Å². The second-order valence-corrected chi connectivity index (χ2v) is 13.8. The number of methoxy groups -OCH3 is 1. The third-order valence-corrected chi connectivity index (χ3v) is 10.1. The molecule has 12 heteroatoms. The highest BCUT2D eigenvalue weighted by molar-refractivity contribution is 7.14. The highest BCUT2D eigenvalue weighted by Crippen LogP contribution is 2.38. The van der Waals surface area contributed by atoms with Crippen molar-refractivity contribution < 1.29 is 23.6 Å². The van der Waals surface area contributed by atoms with Crippen molar-refractivity contribution in [2.45, 2.75) is 70.6 Å². The zero-order valence-electron chi connectivity index (χ0n) is 25.9. The number of hydrogen-bond donors (Lipinski definition) is 0. The van der Waals surface area contributed by atoms with Crippen LogP contribution >= 0.6 is 11.3 Å². The lowest BCUT2D eigenvalue weighted by Crippen LogP contribution is -2.27. The second kappa shape index (κ2) is 11.6. The number of nitrogens with zero attached hydrogens (tertiary/aromatic N) is 6. The molecule has 3 aliphatic rings. The lowest BCUT2D eigenvalue weighted by Gasteiger charge is -2.19. The molecule has 0 radical (unpaired) electrons. The van der Waals surface area contributed by atoms with E-state index in [9.17, 15) is 9.59 Å². The Bertz CT molecular complexity index is 1730. The van der Waals surface area contributed by atoms with Crippen LogP contribution in [0.15, 0.2) is 47.0 Å². The number of hydrogen-bond acceptors (Lipinski definition) is 10. The van der Waals surface area contributed by atoms with Crippen molar-refractivity contribution in [1.82, 2.24) is 30.1 Å². The van der Waals surface area contributed by atoms with Gasteiger partial charge in [0.15, 0.2) is 5.82 Å². The quantitative estimate of drug-likeness (QED) is 0.215. The summed E-state index contributed by atoms with van der Waals surface area (Å²) >= 11 is 1.49. The molecular weight excluding hydrogens is 592 g/mol. The van der Waals surface area contributed by atoms with E-state index >= 15 is 0 Å². The van der Waals surface area contributed by atoms with E-state index in [0.29, 0.717) is 73.2 Å². The highest BCUT2D eigenvalue weighted by atomic mass is 32.1. The largest absolute Gasteiger partial charge is 0.457 e. The fourth-order valence-electron chi connectivity index (χ4n) is 5.87. The van der Waals surface area contributed by atoms with Gasteiger partial charge in [0.05, 0.1) is 0 Å². The molecule has 2 aliphatic heterocycles. The number of amides is 2. The SMILES string of the molecule is COC(C)(C)c1nnc(-c2ccc(Oc3cc(-c4nc([C@H]5CC(=O)N(C6CC6)C5)no4)ccc3CN3C[C@@H](C)CC3=O)cc2)s1. The maximum absolute atomic E-state index is 12.6. The molecule has 4 heterocycles. The molecule has 45 heavy (non-hydrogen) atoms. The van der Waals surface area contributed by atoms with Crippen molar-refractivity contribution in [3.8, 4) is 33.5 Å². The monoisotopic (exact) mass is 628 g/mol. The Morgan fingerprint density at radius 1 is 1.00 bits per heavy atom. The molecule has 1 saturated carbocycles. The molecule has 234 valence electrons. The first-order valence-electron chi connectivity index (χ1n) is 15.4. The Morgan fingerprint density at radius 3 is 2.49 bits per heavy atom. The second-order valence-electron chi connectivity index (χ2n) is 12.8. The lowest BCUT2D eigenvalue weighted by molar-refractivity contribution is -0.129. The molecule has 1 aliphatic carbocycles. The molecule has 4 aromatic rings. The molecule has 2 saturated heterocycles. The molecule has 0 spiro atoms. The lowest BCUT2D eigenvalue weighted by atomic mass is 10.1. The summed E-state index contributed by atoms with van der Waals surface area (Å²) in [5.41, 5.74) is 1.99. The Kier molecular flexibility index (Phi) is 7.65. The van der Waals surface area contributed by atoms with E-state index < -0.39 is 5.60 Å². The molecule has 2 amide bonds. The molecule has 0 bridgehead atoms. The van der Waals surface area contributed by atoms with Crippen molar-refractivity contribution in [1.29, 1.82) is 0 Å². The van der Waals surface area contributed by atoms with E-state index in [1.807, 2.05) is 66.1 Å². The molecule has 0 unspecified atom stereocenters. The van der Waals surface area contributed by atoms with Gasteiger partial charge in [-0.3, -0.25) is 9.59 Å². The average molecular weight is 629 g/mol. The van der Waals surface area contributed by atoms with E-state index in [4.69, 9.17) is 14.0 Å². The number of benzene rings is 2. The minimum absolute atomic E-state index is 0.0723. The van der Waals surface area contributed by atoms with E-state index in [1.165, 1.54) is 11.3 Å². The predicted molar refractivity (Wildman–Crippen MR) is 166 cm³/mol. The van der Waals surface area contributed by atoms with Gasteiger partial charge in [-0.05, 0) is 69.0 Å². The minimum Gasteiger partial charge on any atom is -0.457 e. The van der Waals surface area contributed by atoms with Crippen LogP contribution in [0.25, 0.3) is 22.0 Å². The molecule has 2 aromatic heterocycles. The standard InChI is InChI=1S/C33H36N6O5S/c1-19-13-27(40)38(16-19)17-22-6-5-21(30-34-29(37-44-30)23-15-28(41)39(18-23)24-9-10-24)14-26(22)43-25-11-7-20(8-12-25)31-35-36-32(45-31)33(2,3)42-4/h5-8,11-12,14,19,23-24H,9-10,13,15-18H2,1-4H3/t19-,23-/m0/s1. The van der Waals surface area contributed by atoms with Gasteiger partial charge < -0.3 is 23.8 Å². The summed E-state index contributed by atoms with van der Waals surface area (Å²) in [6.07, 6.45) is 3.11. The van der Waals surface area contributed by atoms with Crippen molar-refractivity contribution >= 4 is 23.2 Å². The Hall–Kier alpha value is -4.16. The maximum Gasteiger partial charge on any atom is 0.258 e. The number of carbonyl (C=O) groups excluding carboxylic acids is 2. The number of rotatable bonds is 10. The normalized spacial score (nSPS) is 20.4. The maximum atomic E-state index is 12.6. The van der Waals surface area contributed by atoms with Gasteiger partial charge in [0.1, 0.15) is 27.1 Å². The summed E-state index contributed by atoms with van der Waals surface area (Å²) in [5.74, 6) is 2.70. The fraction of sp³-hybridized carbons (Fsp3) is 0.455. The highest BCUT2D eigenvalue weighted by Gasteiger charge is 2.41. The zero-order valence-corrected chi connectivity index (χ0v) is 26.7. The predicted octanol–water partition coefficient (Wildman–Crippen LogP) is 5.78. The Labute approximate surface area is 265 Å². The molecule has 3 fully saturated rings. The first-order valence-corrected chi connectivity index (χ1v) is 16.2. The van der Waals surface area contributed by atoms with Gasteiger partial charge in [-0.1, -0.05) is 29.5 Å². The van der Waals surface area contributed by atoms with Crippen molar-refractivity contribution in [2.24, 2.45) is 5.92 Å². The van der Waals surface area contributed by atoms with Gasteiger partial charge in [0.25, 0.3) is 5.89 Å². The number of carbonyl (C=O) groups is 2. The molecule has 0 N–H and O–H groups in total. The molecule has 11 nitrogen and oxygen atoms in total. The van der Waals surface area contributed by atoms with Crippen LogP contribution in [0.3, 0.4) is 0 Å². The van der Waals surface area contributed by atoms with E-state index in [2.05, 4.69) is 27.3 Å². The van der Waals surface area contributed by atoms with E-state index in [0.717, 1.165) is 34.0 Å². The summed E-state index contributed by atoms with van der Waals surface area (Å²) in [5, 5.41) is 14.5. The van der Waals surface area contributed by atoms with E-state index in [1.54, 1.807) is 7.11 Å². The Balaban J connectivity index is 1.14. The van der Waals surface area contributed by atoms with Gasteiger partial charge in [0, 0.05) is 68.2 Å². The van der Waals surface area contributed by atoms with Gasteiger partial charge in [-0.2, -0.15) is 4.98 Å². The van der Waals surface area contributed by atoms with Gasteiger partial charge >= 0.3 is 0 Å².